The molecule has 1 aromatic rings. The maximum Gasteiger partial charge on any atom is 0.335 e. The van der Waals surface area contributed by atoms with Crippen molar-refractivity contribution in [3.05, 3.63) is 28.2 Å². The summed E-state index contributed by atoms with van der Waals surface area (Å²) < 4.78 is 26.8. The largest absolute Gasteiger partial charge is 0.478 e. The molecule has 0 aromatic heterocycles. The molecule has 0 fully saturated rings. The van der Waals surface area contributed by atoms with Gasteiger partial charge in [0.2, 0.25) is 10.0 Å². The molecular weight excluding hydrogens is 322 g/mol. The third kappa shape index (κ3) is 3.79. The van der Waals surface area contributed by atoms with Gasteiger partial charge in [0.05, 0.1) is 10.5 Å². The molecule has 1 rings (SSSR count). The van der Waals surface area contributed by atoms with Crippen molar-refractivity contribution in [2.45, 2.75) is 18.7 Å². The van der Waals surface area contributed by atoms with E-state index < -0.39 is 16.0 Å². The Morgan fingerprint density at radius 2 is 2.06 bits per heavy atom. The van der Waals surface area contributed by atoms with Crippen LogP contribution in [0.2, 0.25) is 0 Å². The van der Waals surface area contributed by atoms with Crippen LogP contribution in [0.15, 0.2) is 27.6 Å². The van der Waals surface area contributed by atoms with E-state index in [0.717, 1.165) is 6.07 Å². The topological polar surface area (TPSA) is 83.5 Å². The number of hydrogen-bond acceptors (Lipinski definition) is 3. The minimum absolute atomic E-state index is 0.0666. The summed E-state index contributed by atoms with van der Waals surface area (Å²) in [4.78, 5) is 10.8. The van der Waals surface area contributed by atoms with Crippen LogP contribution in [0.5, 0.6) is 0 Å². The first-order chi connectivity index (χ1) is 8.24. The summed E-state index contributed by atoms with van der Waals surface area (Å²) in [6.45, 7) is 4.06. The summed E-state index contributed by atoms with van der Waals surface area (Å²) in [6, 6.07) is 3.89. The standard InChI is InChI=1S/C11H14BrNO4S/c1-7(2)6-13-18(16,17)10-5-8(11(14)15)3-4-9(10)12/h3-5,7,13H,6H2,1-2H3,(H,14,15). The first-order valence-corrected chi connectivity index (χ1v) is 7.54. The molecule has 7 heteroatoms. The molecule has 0 atom stereocenters. The van der Waals surface area contributed by atoms with Gasteiger partial charge in [0, 0.05) is 11.0 Å². The monoisotopic (exact) mass is 335 g/mol. The van der Waals surface area contributed by atoms with E-state index >= 15 is 0 Å². The highest BCUT2D eigenvalue weighted by Gasteiger charge is 2.19. The molecule has 0 amide bonds. The Morgan fingerprint density at radius 1 is 1.44 bits per heavy atom. The van der Waals surface area contributed by atoms with Crippen LogP contribution in [-0.4, -0.2) is 26.0 Å². The highest BCUT2D eigenvalue weighted by Crippen LogP contribution is 2.23. The van der Waals surface area contributed by atoms with Crippen LogP contribution in [0.25, 0.3) is 0 Å². The van der Waals surface area contributed by atoms with E-state index in [0.29, 0.717) is 11.0 Å². The van der Waals surface area contributed by atoms with Crippen LogP contribution in [0.4, 0.5) is 0 Å². The molecular formula is C11H14BrNO4S. The number of aromatic carboxylic acids is 1. The molecule has 0 aliphatic rings. The first-order valence-electron chi connectivity index (χ1n) is 5.26. The van der Waals surface area contributed by atoms with Gasteiger partial charge in [0.1, 0.15) is 0 Å². The van der Waals surface area contributed by atoms with Crippen LogP contribution in [0.3, 0.4) is 0 Å². The molecule has 0 unspecified atom stereocenters. The van der Waals surface area contributed by atoms with Gasteiger partial charge in [-0.15, -0.1) is 0 Å². The Labute approximate surface area is 114 Å². The Balaban J connectivity index is 3.15. The molecule has 1 aromatic carbocycles. The number of halogens is 1. The number of rotatable bonds is 5. The molecule has 0 aliphatic carbocycles. The van der Waals surface area contributed by atoms with Gasteiger partial charge in [0.15, 0.2) is 0 Å². The molecule has 5 nitrogen and oxygen atoms in total. The highest BCUT2D eigenvalue weighted by molar-refractivity contribution is 9.10. The summed E-state index contributed by atoms with van der Waals surface area (Å²) in [6.07, 6.45) is 0. The SMILES string of the molecule is CC(C)CNS(=O)(=O)c1cc(C(=O)O)ccc1Br. The van der Waals surface area contributed by atoms with Crippen molar-refractivity contribution in [1.29, 1.82) is 0 Å². The molecule has 0 radical (unpaired) electrons. The van der Waals surface area contributed by atoms with Crippen molar-refractivity contribution < 1.29 is 18.3 Å². The molecule has 0 spiro atoms. The van der Waals surface area contributed by atoms with Crippen LogP contribution in [0, 0.1) is 5.92 Å². The van der Waals surface area contributed by atoms with Crippen molar-refractivity contribution in [1.82, 2.24) is 4.72 Å². The lowest BCUT2D eigenvalue weighted by Gasteiger charge is -2.10. The van der Waals surface area contributed by atoms with Crippen LogP contribution in [0.1, 0.15) is 24.2 Å². The third-order valence-electron chi connectivity index (χ3n) is 2.15. The maximum absolute atomic E-state index is 12.0. The van der Waals surface area contributed by atoms with E-state index in [4.69, 9.17) is 5.11 Å². The van der Waals surface area contributed by atoms with Crippen LogP contribution < -0.4 is 4.72 Å². The summed E-state index contributed by atoms with van der Waals surface area (Å²) in [5.74, 6) is -0.996. The molecule has 0 bridgehead atoms. The van der Waals surface area contributed by atoms with E-state index in [1.54, 1.807) is 0 Å². The molecule has 0 heterocycles. The fraction of sp³-hybridized carbons (Fsp3) is 0.364. The van der Waals surface area contributed by atoms with E-state index in [2.05, 4.69) is 20.7 Å². The van der Waals surface area contributed by atoms with Gasteiger partial charge in [-0.2, -0.15) is 0 Å². The number of benzene rings is 1. The summed E-state index contributed by atoms with van der Waals surface area (Å²) >= 11 is 3.11. The second kappa shape index (κ2) is 5.81. The van der Waals surface area contributed by atoms with E-state index in [1.165, 1.54) is 12.1 Å². The number of carbonyl (C=O) groups is 1. The fourth-order valence-electron chi connectivity index (χ4n) is 1.20. The second-order valence-electron chi connectivity index (χ2n) is 4.20. The maximum atomic E-state index is 12.0. The van der Waals surface area contributed by atoms with Crippen molar-refractivity contribution in [3.63, 3.8) is 0 Å². The van der Waals surface area contributed by atoms with E-state index in [-0.39, 0.29) is 16.4 Å². The predicted octanol–water partition coefficient (Wildman–Crippen LogP) is 2.08. The predicted molar refractivity (Wildman–Crippen MR) is 71.1 cm³/mol. The zero-order chi connectivity index (χ0) is 13.9. The average Bonchev–Trinajstić information content (AvgIpc) is 2.26. The van der Waals surface area contributed by atoms with E-state index in [9.17, 15) is 13.2 Å². The van der Waals surface area contributed by atoms with Crippen LogP contribution in [-0.2, 0) is 10.0 Å². The molecule has 100 valence electrons. The van der Waals surface area contributed by atoms with Crippen LogP contribution >= 0.6 is 15.9 Å². The molecule has 2 N–H and O–H groups in total. The summed E-state index contributed by atoms with van der Waals surface area (Å²) in [7, 11) is -3.70. The lowest BCUT2D eigenvalue weighted by molar-refractivity contribution is 0.0696. The van der Waals surface area contributed by atoms with Crippen molar-refractivity contribution >= 4 is 31.9 Å². The van der Waals surface area contributed by atoms with Gasteiger partial charge in [-0.3, -0.25) is 0 Å². The Morgan fingerprint density at radius 3 is 2.56 bits per heavy atom. The quantitative estimate of drug-likeness (QED) is 0.862. The summed E-state index contributed by atoms with van der Waals surface area (Å²) in [5, 5.41) is 8.85. The Bertz CT molecular complexity index is 554. The number of carboxylic acids is 1. The number of hydrogen-bond donors (Lipinski definition) is 2. The minimum Gasteiger partial charge on any atom is -0.478 e. The lowest BCUT2D eigenvalue weighted by Crippen LogP contribution is -2.28. The normalized spacial score (nSPS) is 11.8. The van der Waals surface area contributed by atoms with Crippen molar-refractivity contribution in [2.24, 2.45) is 5.92 Å². The zero-order valence-electron chi connectivity index (χ0n) is 9.97. The zero-order valence-corrected chi connectivity index (χ0v) is 12.4. The van der Waals surface area contributed by atoms with Gasteiger partial charge in [-0.25, -0.2) is 17.9 Å². The third-order valence-corrected chi connectivity index (χ3v) is 4.57. The van der Waals surface area contributed by atoms with Gasteiger partial charge >= 0.3 is 5.97 Å². The molecule has 18 heavy (non-hydrogen) atoms. The number of carboxylic acid groups (broad SMARTS) is 1. The molecule has 0 saturated carbocycles. The van der Waals surface area contributed by atoms with Crippen molar-refractivity contribution in [2.75, 3.05) is 6.54 Å². The Hall–Kier alpha value is -0.920. The lowest BCUT2D eigenvalue weighted by atomic mass is 10.2. The van der Waals surface area contributed by atoms with Gasteiger partial charge in [0.25, 0.3) is 0 Å². The Kier molecular flexibility index (Phi) is 4.89. The smallest absolute Gasteiger partial charge is 0.335 e. The minimum atomic E-state index is -3.70. The molecule has 0 aliphatic heterocycles. The molecule has 0 saturated heterocycles. The first kappa shape index (κ1) is 15.1. The average molecular weight is 336 g/mol. The second-order valence-corrected chi connectivity index (χ2v) is 6.79. The highest BCUT2D eigenvalue weighted by atomic mass is 79.9. The van der Waals surface area contributed by atoms with Crippen molar-refractivity contribution in [3.8, 4) is 0 Å². The summed E-state index contributed by atoms with van der Waals surface area (Å²) in [5.41, 5.74) is -0.0666. The van der Waals surface area contributed by atoms with Gasteiger partial charge < -0.3 is 5.11 Å². The fourth-order valence-corrected chi connectivity index (χ4v) is 3.40. The van der Waals surface area contributed by atoms with Gasteiger partial charge in [-0.05, 0) is 40.0 Å². The number of nitrogens with one attached hydrogen (secondary N) is 1. The number of sulfonamides is 1. The van der Waals surface area contributed by atoms with Gasteiger partial charge in [-0.1, -0.05) is 13.8 Å². The van der Waals surface area contributed by atoms with E-state index in [1.807, 2.05) is 13.8 Å².